The lowest BCUT2D eigenvalue weighted by molar-refractivity contribution is 0.196. The first kappa shape index (κ1) is 84.1. The van der Waals surface area contributed by atoms with Crippen molar-refractivity contribution in [2.75, 3.05) is 5.88 Å². The summed E-state index contributed by atoms with van der Waals surface area (Å²) >= 11 is 5.19. The lowest BCUT2D eigenvalue weighted by atomic mass is 9.86. The predicted molar refractivity (Wildman–Crippen MR) is 338 cm³/mol. The van der Waals surface area contributed by atoms with Gasteiger partial charge in [0.05, 0.1) is 5.92 Å². The van der Waals surface area contributed by atoms with E-state index in [1.165, 1.54) is 107 Å². The van der Waals surface area contributed by atoms with E-state index in [4.69, 9.17) is 11.6 Å². The SMILES string of the molecule is CC(C)C.CC1C=CC=CC1.CCC.CCC(C)C.CCCC.CCCC.CCCC1C(F)=C(F)C(F)=C(F)C1F.CCCC1C=CC=CC1.CCCCl.CCCc1ccc(C(C)(C)C)cc1.CCCc1ccccc1. The highest BCUT2D eigenvalue weighted by atomic mass is 35.5. The van der Waals surface area contributed by atoms with Gasteiger partial charge in [0.15, 0.2) is 23.7 Å². The normalized spacial score (nSPS) is 16.5. The maximum absolute atomic E-state index is 13.0. The molecule has 5 rings (SSSR count). The fourth-order valence-corrected chi connectivity index (χ4v) is 5.70. The van der Waals surface area contributed by atoms with Crippen molar-refractivity contribution in [1.29, 1.82) is 0 Å². The quantitative estimate of drug-likeness (QED) is 0.147. The van der Waals surface area contributed by atoms with Crippen LogP contribution in [0.15, 0.2) is 127 Å². The number of allylic oxidation sites excluding steroid dienone is 12. The summed E-state index contributed by atoms with van der Waals surface area (Å²) in [5, 5.41) is 0. The van der Waals surface area contributed by atoms with Crippen molar-refractivity contribution in [3.63, 3.8) is 0 Å². The van der Waals surface area contributed by atoms with Crippen molar-refractivity contribution in [1.82, 2.24) is 0 Å². The second-order valence-corrected chi connectivity index (χ2v) is 22.0. The monoisotopic (exact) mass is 1090 g/mol. The zero-order valence-electron chi connectivity index (χ0n) is 53.3. The summed E-state index contributed by atoms with van der Waals surface area (Å²) in [5.41, 5.74) is 4.60. The molecule has 2 aromatic carbocycles. The Balaban J connectivity index is -0.000000184. The van der Waals surface area contributed by atoms with E-state index in [9.17, 15) is 22.0 Å². The van der Waals surface area contributed by atoms with Crippen LogP contribution in [0.1, 0.15) is 258 Å². The van der Waals surface area contributed by atoms with Crippen LogP contribution in [-0.4, -0.2) is 12.1 Å². The molecule has 0 radical (unpaired) electrons. The molecule has 4 atom stereocenters. The van der Waals surface area contributed by atoms with Crippen LogP contribution >= 0.6 is 11.6 Å². The maximum Gasteiger partial charge on any atom is 0.195 e. The van der Waals surface area contributed by atoms with E-state index in [1.807, 2.05) is 6.92 Å². The van der Waals surface area contributed by atoms with Crippen LogP contribution in [0.4, 0.5) is 22.0 Å². The van der Waals surface area contributed by atoms with Gasteiger partial charge in [-0.25, -0.2) is 22.0 Å². The van der Waals surface area contributed by atoms with Gasteiger partial charge in [-0.3, -0.25) is 0 Å². The average Bonchev–Trinajstić information content (AvgIpc) is 3.41. The second-order valence-electron chi connectivity index (χ2n) is 21.6. The van der Waals surface area contributed by atoms with E-state index in [2.05, 4.69) is 235 Å². The van der Waals surface area contributed by atoms with Crippen molar-refractivity contribution in [3.05, 3.63) is 143 Å². The standard InChI is InChI=1S/C13H20.C9H9F5.C9H14.C9H12.C7H10.C5H12.3C4H10.C3H7Cl.C3H8/c1-5-6-11-7-9-12(10-8-11)13(2,3)4;1-2-3-4-5(10)7(12)9(14)8(13)6(4)11;2*1-2-6-9-7-4-3-5-8-9;1-7-5-3-2-4-6-7;1-4-5(2)3;1-4(2)3;2*1-3-4-2;1-2-3-4;1-3-2/h7-10H,5-6H2,1-4H3;4-5H,2-3H2,1H3;3-5,7,9H,2,6,8H2,1H3;3-5,7-8H,2,6H2,1H3;2-5,7H,6H2,1H3;5H,4H2,1-3H3;4H,1-3H3;2*3-4H2,1-2H3;2-3H2,1H3;3H2,1-2H3. The van der Waals surface area contributed by atoms with E-state index in [1.54, 1.807) is 6.92 Å². The minimum absolute atomic E-state index is 0.0544. The summed E-state index contributed by atoms with van der Waals surface area (Å²) in [4.78, 5) is 0. The maximum atomic E-state index is 13.0. The number of hydrogen-bond donors (Lipinski definition) is 0. The van der Waals surface area contributed by atoms with Crippen LogP contribution < -0.4 is 0 Å². The van der Waals surface area contributed by atoms with E-state index < -0.39 is 35.4 Å². The molecule has 444 valence electrons. The Morgan fingerprint density at radius 3 is 1.21 bits per heavy atom. The molecule has 0 nitrogen and oxygen atoms in total. The van der Waals surface area contributed by atoms with Crippen molar-refractivity contribution >= 4 is 11.6 Å². The number of halogens is 6. The molecule has 0 fully saturated rings. The Labute approximate surface area is 476 Å². The molecule has 2 aromatic rings. The zero-order chi connectivity index (χ0) is 59.8. The van der Waals surface area contributed by atoms with Crippen LogP contribution in [0.2, 0.25) is 0 Å². The minimum Gasteiger partial charge on any atom is -0.239 e. The van der Waals surface area contributed by atoms with E-state index in [0.29, 0.717) is 6.42 Å². The number of rotatable bonds is 12. The first-order valence-electron chi connectivity index (χ1n) is 30.1. The minimum atomic E-state index is -2.41. The molecule has 4 unspecified atom stereocenters. The summed E-state index contributed by atoms with van der Waals surface area (Å²) in [7, 11) is 0. The van der Waals surface area contributed by atoms with Crippen molar-refractivity contribution < 1.29 is 22.0 Å². The van der Waals surface area contributed by atoms with E-state index in [0.717, 1.165) is 36.0 Å². The number of unbranched alkanes of at least 4 members (excludes halogenated alkanes) is 2. The highest BCUT2D eigenvalue weighted by Crippen LogP contribution is 2.41. The average molecular weight is 1090 g/mol. The summed E-state index contributed by atoms with van der Waals surface area (Å²) in [6, 6.07) is 19.6. The first-order valence-corrected chi connectivity index (χ1v) is 30.6. The lowest BCUT2D eigenvalue weighted by Gasteiger charge is -2.22. The third-order valence-corrected chi connectivity index (χ3v) is 11.2. The summed E-state index contributed by atoms with van der Waals surface area (Å²) < 4.78 is 63.7. The molecule has 6 heteroatoms. The topological polar surface area (TPSA) is 0 Å². The molecule has 0 aliphatic heterocycles. The van der Waals surface area contributed by atoms with Gasteiger partial charge < -0.3 is 0 Å². The third kappa shape index (κ3) is 57.0. The van der Waals surface area contributed by atoms with Gasteiger partial charge in [-0.15, -0.1) is 11.6 Å². The molecule has 3 aliphatic rings. The summed E-state index contributed by atoms with van der Waals surface area (Å²) in [6.07, 6.45) is 34.3. The number of alkyl halides is 2. The predicted octanol–water partition coefficient (Wildman–Crippen LogP) is 26.1. The molecule has 0 saturated carbocycles. The molecule has 0 saturated heterocycles. The molecule has 0 amide bonds. The Morgan fingerprint density at radius 2 is 0.921 bits per heavy atom. The zero-order valence-corrected chi connectivity index (χ0v) is 54.0. The largest absolute Gasteiger partial charge is 0.239 e. The Kier molecular flexibility index (Phi) is 67.6. The van der Waals surface area contributed by atoms with E-state index >= 15 is 0 Å². The molecular formula is C70H122ClF5. The van der Waals surface area contributed by atoms with E-state index in [-0.39, 0.29) is 11.8 Å². The Bertz CT molecular complexity index is 1640. The van der Waals surface area contributed by atoms with Crippen LogP contribution in [0.3, 0.4) is 0 Å². The smallest absolute Gasteiger partial charge is 0.195 e. The van der Waals surface area contributed by atoms with Gasteiger partial charge in [-0.1, -0.05) is 313 Å². The van der Waals surface area contributed by atoms with Crippen LogP contribution in [0.5, 0.6) is 0 Å². The molecule has 0 bridgehead atoms. The van der Waals surface area contributed by atoms with Gasteiger partial charge in [0.2, 0.25) is 0 Å². The van der Waals surface area contributed by atoms with Crippen LogP contribution in [0.25, 0.3) is 0 Å². The molecule has 76 heavy (non-hydrogen) atoms. The Hall–Kier alpha value is -3.18. The highest BCUT2D eigenvalue weighted by molar-refractivity contribution is 6.17. The van der Waals surface area contributed by atoms with Crippen LogP contribution in [-0.2, 0) is 18.3 Å². The Morgan fingerprint density at radius 1 is 0.526 bits per heavy atom. The molecule has 0 aromatic heterocycles. The van der Waals surface area contributed by atoms with Crippen molar-refractivity contribution in [2.45, 2.75) is 266 Å². The third-order valence-electron chi connectivity index (χ3n) is 10.8. The highest BCUT2D eigenvalue weighted by Gasteiger charge is 2.39. The van der Waals surface area contributed by atoms with Crippen molar-refractivity contribution in [2.24, 2.45) is 29.6 Å². The fraction of sp³-hybridized carbons (Fsp3) is 0.657. The molecule has 0 heterocycles. The first-order chi connectivity index (χ1) is 36.0. The van der Waals surface area contributed by atoms with Gasteiger partial charge in [-0.2, -0.15) is 0 Å². The summed E-state index contributed by atoms with van der Waals surface area (Å²) in [5.74, 6) is -4.75. The molecular weight excluding hydrogens is 971 g/mol. The molecule has 3 aliphatic carbocycles. The number of aryl methyl sites for hydroxylation is 2. The van der Waals surface area contributed by atoms with Gasteiger partial charge in [0, 0.05) is 5.88 Å². The van der Waals surface area contributed by atoms with Crippen LogP contribution in [0, 0.1) is 29.6 Å². The lowest BCUT2D eigenvalue weighted by Crippen LogP contribution is -2.22. The molecule has 0 spiro atoms. The number of benzene rings is 2. The molecule has 0 N–H and O–H groups in total. The van der Waals surface area contributed by atoms with Gasteiger partial charge in [-0.05, 0) is 90.7 Å². The number of hydrogen-bond acceptors (Lipinski definition) is 0. The van der Waals surface area contributed by atoms with Crippen molar-refractivity contribution in [3.8, 4) is 0 Å². The van der Waals surface area contributed by atoms with Gasteiger partial charge in [0.1, 0.15) is 5.83 Å². The summed E-state index contributed by atoms with van der Waals surface area (Å²) in [6.45, 7) is 45.4. The van der Waals surface area contributed by atoms with Gasteiger partial charge >= 0.3 is 0 Å². The fourth-order valence-electron chi connectivity index (χ4n) is 5.70. The second kappa shape index (κ2) is 61.0. The van der Waals surface area contributed by atoms with Gasteiger partial charge in [0.25, 0.3) is 0 Å².